The van der Waals surface area contributed by atoms with Crippen molar-refractivity contribution in [3.05, 3.63) is 188 Å². The van der Waals surface area contributed by atoms with Crippen LogP contribution in [0.3, 0.4) is 0 Å². The van der Waals surface area contributed by atoms with E-state index in [0.29, 0.717) is 48.9 Å². The minimum absolute atomic E-state index is 0.0893. The fourth-order valence-electron chi connectivity index (χ4n) is 15.1. The Bertz CT molecular complexity index is 3360. The van der Waals surface area contributed by atoms with Crippen molar-refractivity contribution in [1.29, 1.82) is 0 Å². The highest BCUT2D eigenvalue weighted by atomic mass is 16.7. The van der Waals surface area contributed by atoms with Crippen molar-refractivity contribution in [3.8, 4) is 46.0 Å². The molecular weight excluding hydrogens is 1200 g/mol. The quantitative estimate of drug-likeness (QED) is 0.0169. The molecule has 16 heteroatoms. The molecule has 0 amide bonds. The van der Waals surface area contributed by atoms with E-state index in [1.807, 2.05) is 97.1 Å². The first-order valence-electron chi connectivity index (χ1n) is 35.3. The highest BCUT2D eigenvalue weighted by Gasteiger charge is 2.42. The summed E-state index contributed by atoms with van der Waals surface area (Å²) in [7, 11) is 0. The number of anilines is 8. The lowest BCUT2D eigenvalue weighted by Gasteiger charge is -2.38. The van der Waals surface area contributed by atoms with Gasteiger partial charge in [0.05, 0.1) is 22.3 Å². The Morgan fingerprint density at radius 1 is 0.271 bits per heavy atom. The van der Waals surface area contributed by atoms with E-state index in [9.17, 15) is 0 Å². The van der Waals surface area contributed by atoms with Gasteiger partial charge < -0.3 is 82.1 Å². The van der Waals surface area contributed by atoms with E-state index in [1.165, 1.54) is 0 Å². The van der Waals surface area contributed by atoms with Crippen LogP contribution in [0.4, 0.5) is 45.5 Å². The average molecular weight is 1300 g/mol. The summed E-state index contributed by atoms with van der Waals surface area (Å²) in [6, 6.07) is 41.5. The molecule has 0 spiro atoms. The lowest BCUT2D eigenvalue weighted by Crippen LogP contribution is -2.26. The SMILES string of the molecule is CCCCCC1c2cc3c4c(CNc5ccc(N)cc5)c2OCOc2c1cc1c(c2CNc2ccc(N)cc2)OCOc2c(cc5c(c2CNc2ccc(N)cc2)OCOc2c(cc(c(c2CNc2ccc(N)cc2)OCO4)C3CCCCC)C5CCCCC)C1CCCCC. The first-order chi connectivity index (χ1) is 47.1. The van der Waals surface area contributed by atoms with Crippen LogP contribution in [-0.2, 0) is 26.2 Å². The summed E-state index contributed by atoms with van der Waals surface area (Å²) in [4.78, 5) is 0. The first kappa shape index (κ1) is 65.2. The lowest BCUT2D eigenvalue weighted by atomic mass is 9.74. The summed E-state index contributed by atoms with van der Waals surface area (Å²) in [5, 5.41) is 15.3. The van der Waals surface area contributed by atoms with Crippen molar-refractivity contribution in [2.24, 2.45) is 0 Å². The number of nitrogen functional groups attached to an aromatic ring is 4. The Kier molecular flexibility index (Phi) is 20.5. The van der Waals surface area contributed by atoms with Crippen molar-refractivity contribution in [2.75, 3.05) is 71.4 Å². The molecule has 13 rings (SSSR count). The lowest BCUT2D eigenvalue weighted by molar-refractivity contribution is 0.0947. The maximum Gasteiger partial charge on any atom is 0.230 e. The maximum atomic E-state index is 7.31. The van der Waals surface area contributed by atoms with E-state index in [0.717, 1.165) is 238 Å². The topological polar surface area (TPSA) is 226 Å². The third-order valence-electron chi connectivity index (χ3n) is 20.1. The van der Waals surface area contributed by atoms with Crippen LogP contribution in [0.1, 0.15) is 221 Å². The summed E-state index contributed by atoms with van der Waals surface area (Å²) in [6.07, 6.45) is 15.4. The van der Waals surface area contributed by atoms with Gasteiger partial charge in [0.2, 0.25) is 27.2 Å². The molecule has 8 aromatic carbocycles. The van der Waals surface area contributed by atoms with E-state index in [-0.39, 0.29) is 50.8 Å². The molecule has 0 atom stereocenters. The zero-order valence-corrected chi connectivity index (χ0v) is 56.4. The predicted molar refractivity (Wildman–Crippen MR) is 387 cm³/mol. The molecule has 1 aliphatic carbocycles. The molecule has 12 N–H and O–H groups in total. The molecule has 0 unspecified atom stereocenters. The number of nitrogens with two attached hydrogens (primary N) is 4. The van der Waals surface area contributed by atoms with E-state index in [1.54, 1.807) is 0 Å². The van der Waals surface area contributed by atoms with Gasteiger partial charge >= 0.3 is 0 Å². The summed E-state index contributed by atoms with van der Waals surface area (Å²) in [5.74, 6) is 5.04. The van der Waals surface area contributed by atoms with Gasteiger partial charge in [-0.1, -0.05) is 105 Å². The zero-order chi connectivity index (χ0) is 66.1. The van der Waals surface area contributed by atoms with E-state index in [4.69, 9.17) is 60.8 Å². The maximum absolute atomic E-state index is 7.31. The molecule has 8 aromatic rings. The molecule has 16 nitrogen and oxygen atoms in total. The summed E-state index contributed by atoms with van der Waals surface area (Å²) in [6.45, 7) is 10.2. The highest BCUT2D eigenvalue weighted by Crippen LogP contribution is 2.59. The molecule has 0 aromatic heterocycles. The van der Waals surface area contributed by atoms with Gasteiger partial charge in [0.1, 0.15) is 46.0 Å². The van der Waals surface area contributed by atoms with Gasteiger partial charge in [0, 0.05) is 140 Å². The summed E-state index contributed by atoms with van der Waals surface area (Å²) >= 11 is 0. The fourth-order valence-corrected chi connectivity index (χ4v) is 15.1. The van der Waals surface area contributed by atoms with Crippen LogP contribution in [0.2, 0.25) is 0 Å². The van der Waals surface area contributed by atoms with Crippen molar-refractivity contribution < 1.29 is 37.9 Å². The van der Waals surface area contributed by atoms with Crippen molar-refractivity contribution in [3.63, 3.8) is 0 Å². The van der Waals surface area contributed by atoms with Crippen molar-refractivity contribution >= 4 is 45.5 Å². The van der Waals surface area contributed by atoms with Crippen LogP contribution in [0, 0.1) is 0 Å². The molecule has 0 saturated heterocycles. The van der Waals surface area contributed by atoms with Crippen LogP contribution in [0.15, 0.2) is 121 Å². The number of hydrogen-bond acceptors (Lipinski definition) is 16. The van der Waals surface area contributed by atoms with Gasteiger partial charge in [-0.05, 0) is 147 Å². The van der Waals surface area contributed by atoms with Crippen LogP contribution in [0.5, 0.6) is 46.0 Å². The van der Waals surface area contributed by atoms with Gasteiger partial charge in [-0.2, -0.15) is 0 Å². The number of hydrogen-bond donors (Lipinski definition) is 8. The standard InChI is InChI=1S/C80H96N8O8/c1-5-9-13-17-57-61-37-63-58(18-14-10-6-2)65-39-67-60(20-16-12-8-4)68-40-66-59(19-15-11-7-3)64-38-62(57)74-70(42-86-54-31-23-50(82)24-32-54)76(64)92-47-94-78(66)72(44-88-56-35-27-52(84)28-36-56)80(68)96-48-95-79(67)71(43-87-55-33-25-51(83)26-34-55)77(65)93-46-91-75(63)69(73(61)89-45-90-74)41-85-53-29-21-49(81)22-30-53/h21-40,57-60,85-88H,5-20,41-48,81-84H2,1-4H3. The Hall–Kier alpha value is -9.44. The Morgan fingerprint density at radius 2 is 0.448 bits per heavy atom. The molecule has 8 bridgehead atoms. The largest absolute Gasteiger partial charge is 0.457 e. The molecule has 0 saturated carbocycles. The Balaban J connectivity index is 1.17. The van der Waals surface area contributed by atoms with Crippen LogP contribution in [-0.4, -0.2) is 27.2 Å². The summed E-state index contributed by atoms with van der Waals surface area (Å²) in [5.41, 5.74) is 44.0. The van der Waals surface area contributed by atoms with E-state index in [2.05, 4.69) is 73.2 Å². The van der Waals surface area contributed by atoms with Gasteiger partial charge in [-0.15, -0.1) is 0 Å². The second-order valence-electron chi connectivity index (χ2n) is 26.5. The second-order valence-corrected chi connectivity index (χ2v) is 26.5. The van der Waals surface area contributed by atoms with Crippen LogP contribution < -0.4 is 82.1 Å². The Labute approximate surface area is 566 Å². The molecule has 0 fully saturated rings. The van der Waals surface area contributed by atoms with Crippen molar-refractivity contribution in [2.45, 2.75) is 180 Å². The van der Waals surface area contributed by atoms with Gasteiger partial charge in [-0.25, -0.2) is 0 Å². The van der Waals surface area contributed by atoms with E-state index < -0.39 is 0 Å². The molecule has 5 aliphatic rings. The Morgan fingerprint density at radius 3 is 0.615 bits per heavy atom. The molecule has 4 heterocycles. The number of rotatable bonds is 28. The first-order valence-corrected chi connectivity index (χ1v) is 35.3. The van der Waals surface area contributed by atoms with Gasteiger partial charge in [0.15, 0.2) is 0 Å². The smallest absolute Gasteiger partial charge is 0.230 e. The average Bonchev–Trinajstić information content (AvgIpc) is 0.726. The summed E-state index contributed by atoms with van der Waals surface area (Å²) < 4.78 is 58.4. The molecular formula is C80H96N8O8. The third kappa shape index (κ3) is 13.8. The second kappa shape index (κ2) is 30.1. The minimum atomic E-state index is -0.226. The number of benzene rings is 8. The van der Waals surface area contributed by atoms with Gasteiger partial charge in [-0.3, -0.25) is 0 Å². The van der Waals surface area contributed by atoms with Crippen LogP contribution in [0.25, 0.3) is 0 Å². The number of nitrogens with one attached hydrogen (secondary N) is 4. The molecule has 504 valence electrons. The normalized spacial score (nSPS) is 16.8. The van der Waals surface area contributed by atoms with Gasteiger partial charge in [0.25, 0.3) is 0 Å². The molecule has 0 radical (unpaired) electrons. The van der Waals surface area contributed by atoms with E-state index >= 15 is 0 Å². The van der Waals surface area contributed by atoms with Crippen molar-refractivity contribution in [1.82, 2.24) is 0 Å². The minimum Gasteiger partial charge on any atom is -0.457 e. The third-order valence-corrected chi connectivity index (χ3v) is 20.1. The predicted octanol–water partition coefficient (Wildman–Crippen LogP) is 18.5. The van der Waals surface area contributed by atoms with Crippen LogP contribution >= 0.6 is 0 Å². The fraction of sp³-hybridized carbons (Fsp3) is 0.400. The molecule has 4 aliphatic heterocycles. The monoisotopic (exact) mass is 1300 g/mol. The zero-order valence-electron chi connectivity index (χ0n) is 56.4. The number of ether oxygens (including phenoxy) is 8. The number of unbranched alkanes of at least 4 members (excludes halogenated alkanes) is 8. The highest BCUT2D eigenvalue weighted by molar-refractivity contribution is 5.72. The molecule has 96 heavy (non-hydrogen) atoms.